The summed E-state index contributed by atoms with van der Waals surface area (Å²) in [5, 5.41) is 10.8. The molecule has 0 aliphatic carbocycles. The highest BCUT2D eigenvalue weighted by Gasteiger charge is 2.22. The molecule has 1 aromatic heterocycles. The Balaban J connectivity index is 1.89. The second kappa shape index (κ2) is 7.23. The number of hydrogen-bond donors (Lipinski definition) is 0. The van der Waals surface area contributed by atoms with E-state index in [2.05, 4.69) is 50.5 Å². The maximum atomic E-state index is 10.8. The Morgan fingerprint density at radius 3 is 2.41 bits per heavy atom. The lowest BCUT2D eigenvalue weighted by Crippen LogP contribution is -2.18. The number of benzene rings is 2. The lowest BCUT2D eigenvalue weighted by atomic mass is 9.96. The van der Waals surface area contributed by atoms with Gasteiger partial charge in [-0.15, -0.1) is 0 Å². The van der Waals surface area contributed by atoms with E-state index >= 15 is 0 Å². The number of hydrogen-bond acceptors (Lipinski definition) is 5. The average Bonchev–Trinajstić information content (AvgIpc) is 3.00. The van der Waals surface area contributed by atoms with E-state index in [0.717, 1.165) is 34.0 Å². The van der Waals surface area contributed by atoms with Crippen molar-refractivity contribution in [1.29, 1.82) is 0 Å². The van der Waals surface area contributed by atoms with Crippen molar-refractivity contribution in [3.05, 3.63) is 58.4 Å². The van der Waals surface area contributed by atoms with Crippen LogP contribution in [0.15, 0.2) is 47.4 Å². The fourth-order valence-electron chi connectivity index (χ4n) is 3.05. The zero-order valence-electron chi connectivity index (χ0n) is 16.3. The summed E-state index contributed by atoms with van der Waals surface area (Å²) >= 11 is 1.52. The summed E-state index contributed by atoms with van der Waals surface area (Å²) in [5.41, 5.74) is 3.24. The summed E-state index contributed by atoms with van der Waals surface area (Å²) < 4.78 is 4.31. The molecule has 0 aliphatic rings. The van der Waals surface area contributed by atoms with E-state index in [4.69, 9.17) is 4.98 Å². The second-order valence-electron chi connectivity index (χ2n) is 7.44. The molecular formula is C20H24N4O2S. The number of nitro benzene ring substituents is 1. The van der Waals surface area contributed by atoms with Gasteiger partial charge in [-0.3, -0.25) is 10.1 Å². The molecule has 3 rings (SSSR count). The summed E-state index contributed by atoms with van der Waals surface area (Å²) in [6.07, 6.45) is 0. The molecule has 0 fully saturated rings. The fourth-order valence-corrected chi connectivity index (χ4v) is 3.84. The molecule has 6 nitrogen and oxygen atoms in total. The van der Waals surface area contributed by atoms with Gasteiger partial charge in [-0.05, 0) is 49.2 Å². The summed E-state index contributed by atoms with van der Waals surface area (Å²) in [5.74, 6) is 1.09. The molecule has 27 heavy (non-hydrogen) atoms. The van der Waals surface area contributed by atoms with Crippen molar-refractivity contribution in [2.45, 2.75) is 44.6 Å². The van der Waals surface area contributed by atoms with Crippen LogP contribution >= 0.6 is 11.9 Å². The Labute approximate surface area is 163 Å². The van der Waals surface area contributed by atoms with Crippen LogP contribution in [0, 0.1) is 10.1 Å². The minimum Gasteiger partial charge on any atom is -0.328 e. The molecule has 0 saturated carbocycles. The normalized spacial score (nSPS) is 11.7. The van der Waals surface area contributed by atoms with Crippen molar-refractivity contribution in [3.8, 4) is 0 Å². The van der Waals surface area contributed by atoms with E-state index in [9.17, 15) is 10.1 Å². The van der Waals surface area contributed by atoms with E-state index in [1.165, 1.54) is 24.1 Å². The van der Waals surface area contributed by atoms with E-state index < -0.39 is 0 Å². The average molecular weight is 385 g/mol. The third kappa shape index (κ3) is 3.93. The number of nitro groups is 1. The third-order valence-corrected chi connectivity index (χ3v) is 5.34. The number of anilines is 1. The predicted molar refractivity (Wildman–Crippen MR) is 111 cm³/mol. The lowest BCUT2D eigenvalue weighted by molar-refractivity contribution is -0.384. The molecule has 142 valence electrons. The Bertz CT molecular complexity index is 974. The van der Waals surface area contributed by atoms with Crippen molar-refractivity contribution in [1.82, 2.24) is 9.55 Å². The van der Waals surface area contributed by atoms with Gasteiger partial charge in [0.25, 0.3) is 5.69 Å². The van der Waals surface area contributed by atoms with Crippen molar-refractivity contribution in [3.63, 3.8) is 0 Å². The van der Waals surface area contributed by atoms with Gasteiger partial charge in [0.05, 0.1) is 16.0 Å². The van der Waals surface area contributed by atoms with Crippen molar-refractivity contribution in [2.24, 2.45) is 0 Å². The van der Waals surface area contributed by atoms with Gasteiger partial charge in [-0.25, -0.2) is 4.98 Å². The number of aryl methyl sites for hydroxylation is 1. The smallest absolute Gasteiger partial charge is 0.269 e. The van der Waals surface area contributed by atoms with E-state index in [0.29, 0.717) is 0 Å². The molecule has 0 unspecified atom stereocenters. The standard InChI is InChI=1S/C20H24N4O2S/c1-6-23-18-12-9-15(13-17(18)21-19(23)20(2,3)4)22(5)27-16-10-7-14(8-11-16)24(25)26/h7-13H,6H2,1-5H3. The third-order valence-electron chi connectivity index (χ3n) is 4.37. The van der Waals surface area contributed by atoms with Crippen LogP contribution in [-0.2, 0) is 12.0 Å². The van der Waals surface area contributed by atoms with Gasteiger partial charge in [-0.1, -0.05) is 20.8 Å². The van der Waals surface area contributed by atoms with Crippen LogP contribution in [0.2, 0.25) is 0 Å². The molecule has 0 N–H and O–H groups in total. The van der Waals surface area contributed by atoms with Crippen LogP contribution in [-0.4, -0.2) is 21.5 Å². The van der Waals surface area contributed by atoms with Crippen molar-refractivity contribution in [2.75, 3.05) is 11.4 Å². The Hall–Kier alpha value is -2.54. The fraction of sp³-hybridized carbons (Fsp3) is 0.350. The van der Waals surface area contributed by atoms with E-state index in [1.54, 1.807) is 12.1 Å². The van der Waals surface area contributed by atoms with Gasteiger partial charge in [-0.2, -0.15) is 0 Å². The highest BCUT2D eigenvalue weighted by atomic mass is 32.2. The predicted octanol–water partition coefficient (Wildman–Crippen LogP) is 5.41. The molecule has 3 aromatic rings. The Morgan fingerprint density at radius 2 is 1.85 bits per heavy atom. The largest absolute Gasteiger partial charge is 0.328 e. The molecular weight excluding hydrogens is 360 g/mol. The van der Waals surface area contributed by atoms with Gasteiger partial charge in [0.1, 0.15) is 5.82 Å². The van der Waals surface area contributed by atoms with Gasteiger partial charge >= 0.3 is 0 Å². The zero-order chi connectivity index (χ0) is 19.8. The molecule has 0 radical (unpaired) electrons. The Kier molecular flexibility index (Phi) is 5.15. The highest BCUT2D eigenvalue weighted by Crippen LogP contribution is 2.32. The zero-order valence-corrected chi connectivity index (χ0v) is 17.1. The highest BCUT2D eigenvalue weighted by molar-refractivity contribution is 8.00. The maximum absolute atomic E-state index is 10.8. The molecule has 0 aliphatic heterocycles. The summed E-state index contributed by atoms with van der Waals surface area (Å²) in [6, 6.07) is 12.9. The van der Waals surface area contributed by atoms with Gasteiger partial charge < -0.3 is 8.87 Å². The molecule has 0 amide bonds. The van der Waals surface area contributed by atoms with Gasteiger partial charge in [0.2, 0.25) is 0 Å². The first kappa shape index (κ1) is 19.2. The SMILES string of the molecule is CCn1c(C(C)(C)C)nc2cc(N(C)Sc3ccc([N+](=O)[O-])cc3)ccc21. The Morgan fingerprint density at radius 1 is 1.19 bits per heavy atom. The lowest BCUT2D eigenvalue weighted by Gasteiger charge is -2.19. The van der Waals surface area contributed by atoms with E-state index in [-0.39, 0.29) is 16.0 Å². The minimum absolute atomic E-state index is 0.0192. The quantitative estimate of drug-likeness (QED) is 0.334. The van der Waals surface area contributed by atoms with E-state index in [1.807, 2.05) is 11.4 Å². The topological polar surface area (TPSA) is 64.2 Å². The summed E-state index contributed by atoms with van der Waals surface area (Å²) in [7, 11) is 1.98. The second-order valence-corrected chi connectivity index (χ2v) is 8.64. The molecule has 1 heterocycles. The number of imidazole rings is 1. The maximum Gasteiger partial charge on any atom is 0.269 e. The first-order valence-corrected chi connectivity index (χ1v) is 9.65. The number of rotatable bonds is 5. The van der Waals surface area contributed by atoms with Crippen LogP contribution < -0.4 is 4.31 Å². The monoisotopic (exact) mass is 384 g/mol. The molecule has 0 atom stereocenters. The molecule has 0 bridgehead atoms. The summed E-state index contributed by atoms with van der Waals surface area (Å²) in [4.78, 5) is 16.2. The van der Waals surface area contributed by atoms with Crippen LogP contribution in [0.5, 0.6) is 0 Å². The van der Waals surface area contributed by atoms with Gasteiger partial charge in [0.15, 0.2) is 0 Å². The number of nitrogens with zero attached hydrogens (tertiary/aromatic N) is 4. The van der Waals surface area contributed by atoms with Crippen LogP contribution in [0.4, 0.5) is 11.4 Å². The van der Waals surface area contributed by atoms with Crippen LogP contribution in [0.3, 0.4) is 0 Å². The minimum atomic E-state index is -0.386. The molecule has 7 heteroatoms. The van der Waals surface area contributed by atoms with Gasteiger partial charge in [0, 0.05) is 41.7 Å². The number of aromatic nitrogens is 2. The van der Waals surface area contributed by atoms with Crippen LogP contribution in [0.1, 0.15) is 33.5 Å². The molecule has 0 spiro atoms. The molecule has 2 aromatic carbocycles. The first-order valence-electron chi connectivity index (χ1n) is 8.87. The van der Waals surface area contributed by atoms with Crippen molar-refractivity contribution >= 4 is 34.4 Å². The van der Waals surface area contributed by atoms with Crippen molar-refractivity contribution < 1.29 is 4.92 Å². The first-order chi connectivity index (χ1) is 12.7. The number of non-ortho nitro benzene ring substituents is 1. The number of fused-ring (bicyclic) bond motifs is 1. The van der Waals surface area contributed by atoms with Crippen LogP contribution in [0.25, 0.3) is 11.0 Å². The molecule has 0 saturated heterocycles. The summed E-state index contributed by atoms with van der Waals surface area (Å²) in [6.45, 7) is 9.56.